The van der Waals surface area contributed by atoms with Gasteiger partial charge in [-0.25, -0.2) is 9.91 Å². The van der Waals surface area contributed by atoms with Gasteiger partial charge in [-0.05, 0) is 91.3 Å². The lowest BCUT2D eigenvalue weighted by Gasteiger charge is -2.31. The van der Waals surface area contributed by atoms with Crippen LogP contribution in [-0.4, -0.2) is 52.1 Å². The Kier molecular flexibility index (Phi) is 8.37. The third-order valence-corrected chi connectivity index (χ3v) is 10.3. The van der Waals surface area contributed by atoms with Crippen LogP contribution in [0.2, 0.25) is 20.1 Å². The van der Waals surface area contributed by atoms with Crippen molar-refractivity contribution in [3.8, 4) is 0 Å². The summed E-state index contributed by atoms with van der Waals surface area (Å²) in [5.74, 6) is -1.52. The van der Waals surface area contributed by atoms with Crippen LogP contribution in [0.1, 0.15) is 47.6 Å². The number of imide groups is 1. The van der Waals surface area contributed by atoms with Crippen LogP contribution in [0, 0.1) is 19.8 Å². The first-order valence-electron chi connectivity index (χ1n) is 15.2. The minimum Gasteiger partial charge on any atom is -0.271 e. The molecule has 3 heterocycles. The van der Waals surface area contributed by atoms with Crippen LogP contribution in [0.15, 0.2) is 75.6 Å². The lowest BCUT2D eigenvalue weighted by atomic mass is 9.77. The third-order valence-electron chi connectivity index (χ3n) is 9.15. The van der Waals surface area contributed by atoms with Gasteiger partial charge in [0, 0.05) is 26.0 Å². The summed E-state index contributed by atoms with van der Waals surface area (Å²) in [6, 6.07) is 13.5. The van der Waals surface area contributed by atoms with Crippen LogP contribution in [0.3, 0.4) is 0 Å². The maximum Gasteiger partial charge on any atom is 0.264 e. The molecule has 3 amide bonds. The normalized spacial score (nSPS) is 24.3. The molecule has 0 N–H and O–H groups in total. The van der Waals surface area contributed by atoms with E-state index in [9.17, 15) is 14.4 Å². The zero-order chi connectivity index (χ0) is 33.1. The molecule has 4 aliphatic rings. The van der Waals surface area contributed by atoms with E-state index in [0.717, 1.165) is 47.2 Å². The Labute approximate surface area is 291 Å². The minimum atomic E-state index is -1.04. The maximum atomic E-state index is 14.2. The monoisotopic (exact) mass is 708 g/mol. The topological polar surface area (TPSA) is 98.0 Å². The molecule has 3 aromatic carbocycles. The number of fused-ring (bicyclic) bond motifs is 2. The zero-order valence-electron chi connectivity index (χ0n) is 25.3. The Hall–Kier alpha value is -3.76. The SMILES string of the molecule is Cc1cccc(C)c1N1C(=O)C2N=NN(CC(=O)N3N=C4/C(=C/c5ccc(Cl)cc5Cl)CCCC4C3c3ccc(Cl)cc3Cl)C2C1=O. The van der Waals surface area contributed by atoms with E-state index in [4.69, 9.17) is 51.5 Å². The summed E-state index contributed by atoms with van der Waals surface area (Å²) < 4.78 is 0. The fourth-order valence-corrected chi connectivity index (χ4v) is 7.99. The first-order valence-corrected chi connectivity index (χ1v) is 16.7. The largest absolute Gasteiger partial charge is 0.271 e. The van der Waals surface area contributed by atoms with E-state index in [1.165, 1.54) is 14.9 Å². The predicted octanol–water partition coefficient (Wildman–Crippen LogP) is 8.03. The average molecular weight is 710 g/mol. The number of hydrazone groups is 1. The Morgan fingerprint density at radius 3 is 2.32 bits per heavy atom. The van der Waals surface area contributed by atoms with Crippen molar-refractivity contribution in [3.05, 3.63) is 103 Å². The number of aryl methyl sites for hydroxylation is 2. The average Bonchev–Trinajstić information content (AvgIpc) is 3.69. The number of para-hydroxylation sites is 1. The molecule has 0 spiro atoms. The lowest BCUT2D eigenvalue weighted by molar-refractivity contribution is -0.136. The lowest BCUT2D eigenvalue weighted by Crippen LogP contribution is -2.45. The van der Waals surface area contributed by atoms with Gasteiger partial charge in [0.2, 0.25) is 0 Å². The van der Waals surface area contributed by atoms with Crippen molar-refractivity contribution >= 4 is 81.6 Å². The smallest absolute Gasteiger partial charge is 0.264 e. The molecule has 7 rings (SSSR count). The number of hydrogen-bond acceptors (Lipinski definition) is 7. The van der Waals surface area contributed by atoms with Gasteiger partial charge in [0.25, 0.3) is 17.7 Å². The quantitative estimate of drug-likeness (QED) is 0.251. The molecule has 13 heteroatoms. The minimum absolute atomic E-state index is 0.161. The molecule has 2 fully saturated rings. The highest BCUT2D eigenvalue weighted by atomic mass is 35.5. The molecule has 0 radical (unpaired) electrons. The van der Waals surface area contributed by atoms with E-state index in [2.05, 4.69) is 10.3 Å². The molecule has 4 unspecified atom stereocenters. The first kappa shape index (κ1) is 31.8. The van der Waals surface area contributed by atoms with E-state index in [0.29, 0.717) is 31.3 Å². The number of carbonyl (C=O) groups is 3. The van der Waals surface area contributed by atoms with Gasteiger partial charge in [-0.3, -0.25) is 19.4 Å². The number of rotatable bonds is 5. The summed E-state index contributed by atoms with van der Waals surface area (Å²) >= 11 is 25.6. The summed E-state index contributed by atoms with van der Waals surface area (Å²) in [6.45, 7) is 3.37. The molecule has 1 aliphatic carbocycles. The van der Waals surface area contributed by atoms with E-state index >= 15 is 0 Å². The van der Waals surface area contributed by atoms with Gasteiger partial charge in [0.05, 0.1) is 17.4 Å². The molecule has 9 nitrogen and oxygen atoms in total. The third kappa shape index (κ3) is 5.53. The molecule has 1 saturated carbocycles. The summed E-state index contributed by atoms with van der Waals surface area (Å²) in [4.78, 5) is 42.6. The summed E-state index contributed by atoms with van der Waals surface area (Å²) in [5, 5.41) is 17.8. The van der Waals surface area contributed by atoms with Crippen molar-refractivity contribution in [3.63, 3.8) is 0 Å². The van der Waals surface area contributed by atoms with Gasteiger partial charge >= 0.3 is 0 Å². The number of benzene rings is 3. The fraction of sp³-hybridized carbons (Fsp3) is 0.294. The van der Waals surface area contributed by atoms with Crippen LogP contribution in [0.4, 0.5) is 5.69 Å². The number of carbonyl (C=O) groups excluding carboxylic acids is 3. The number of allylic oxidation sites excluding steroid dienone is 1. The van der Waals surface area contributed by atoms with Crippen molar-refractivity contribution in [2.24, 2.45) is 21.4 Å². The van der Waals surface area contributed by atoms with Gasteiger partial charge in [0.1, 0.15) is 6.54 Å². The molecule has 240 valence electrons. The molecule has 47 heavy (non-hydrogen) atoms. The molecular weight excluding hydrogens is 682 g/mol. The van der Waals surface area contributed by atoms with Crippen molar-refractivity contribution in [1.82, 2.24) is 10.0 Å². The summed E-state index contributed by atoms with van der Waals surface area (Å²) in [7, 11) is 0. The number of halogens is 4. The number of nitrogens with zero attached hydrogens (tertiary/aromatic N) is 6. The van der Waals surface area contributed by atoms with Gasteiger partial charge in [-0.2, -0.15) is 10.2 Å². The Morgan fingerprint density at radius 1 is 0.915 bits per heavy atom. The number of anilines is 1. The Morgan fingerprint density at radius 2 is 1.62 bits per heavy atom. The van der Waals surface area contributed by atoms with Crippen molar-refractivity contribution in [1.29, 1.82) is 0 Å². The standard InChI is InChI=1S/C34H28Cl4N6O3/c1-17-5-3-6-18(2)30(17)43-33(46)29-32(34(43)47)42(41-39-29)16-27(45)44-31(23-12-11-22(36)15-26(23)38)24-8-4-7-20(28(24)40-44)13-19-9-10-21(35)14-25(19)37/h3,5-6,9-15,24,29,31-32H,4,7-8,16H2,1-2H3/b20-13+. The summed E-state index contributed by atoms with van der Waals surface area (Å²) in [5.41, 5.74) is 5.32. The molecule has 3 aromatic rings. The van der Waals surface area contributed by atoms with E-state index in [1.807, 2.05) is 50.3 Å². The molecule has 4 atom stereocenters. The Balaban J connectivity index is 1.22. The highest BCUT2D eigenvalue weighted by molar-refractivity contribution is 6.36. The van der Waals surface area contributed by atoms with Crippen LogP contribution >= 0.6 is 46.4 Å². The predicted molar refractivity (Wildman–Crippen MR) is 183 cm³/mol. The van der Waals surface area contributed by atoms with Crippen molar-refractivity contribution in [2.75, 3.05) is 11.4 Å². The van der Waals surface area contributed by atoms with E-state index in [1.54, 1.807) is 24.3 Å². The van der Waals surface area contributed by atoms with Crippen molar-refractivity contribution < 1.29 is 14.4 Å². The van der Waals surface area contributed by atoms with Crippen molar-refractivity contribution in [2.45, 2.75) is 51.2 Å². The van der Waals surface area contributed by atoms with E-state index < -0.39 is 35.8 Å². The van der Waals surface area contributed by atoms with Crippen LogP contribution in [-0.2, 0) is 14.4 Å². The summed E-state index contributed by atoms with van der Waals surface area (Å²) in [6.07, 6.45) is 4.36. The van der Waals surface area contributed by atoms with Crippen LogP contribution < -0.4 is 4.90 Å². The van der Waals surface area contributed by atoms with Crippen LogP contribution in [0.25, 0.3) is 6.08 Å². The van der Waals surface area contributed by atoms with Crippen LogP contribution in [0.5, 0.6) is 0 Å². The molecular formula is C34H28Cl4N6O3. The number of amides is 3. The maximum absolute atomic E-state index is 14.2. The zero-order valence-corrected chi connectivity index (χ0v) is 28.4. The fourth-order valence-electron chi connectivity index (χ4n) is 7.01. The highest BCUT2D eigenvalue weighted by Crippen LogP contribution is 2.47. The first-order chi connectivity index (χ1) is 22.5. The highest BCUT2D eigenvalue weighted by Gasteiger charge is 2.56. The van der Waals surface area contributed by atoms with E-state index in [-0.39, 0.29) is 12.5 Å². The van der Waals surface area contributed by atoms with Gasteiger partial charge in [-0.1, -0.05) is 82.0 Å². The second-order valence-corrected chi connectivity index (χ2v) is 13.8. The second-order valence-electron chi connectivity index (χ2n) is 12.1. The van der Waals surface area contributed by atoms with Gasteiger partial charge in [0.15, 0.2) is 12.1 Å². The van der Waals surface area contributed by atoms with Gasteiger partial charge < -0.3 is 0 Å². The second kappa shape index (κ2) is 12.4. The molecule has 0 aromatic heterocycles. The molecule has 0 bridgehead atoms. The number of hydrogen-bond donors (Lipinski definition) is 0. The molecule has 1 saturated heterocycles. The Bertz CT molecular complexity index is 1920. The molecule has 3 aliphatic heterocycles. The van der Waals surface area contributed by atoms with Gasteiger partial charge in [-0.15, -0.1) is 0 Å².